The minimum atomic E-state index is -0.227. The molecule has 2 aromatic carbocycles. The summed E-state index contributed by atoms with van der Waals surface area (Å²) in [4.78, 5) is 33.2. The highest BCUT2D eigenvalue weighted by Gasteiger charge is 2.29. The summed E-state index contributed by atoms with van der Waals surface area (Å²) in [6.45, 7) is 4.83. The molecule has 0 saturated carbocycles. The van der Waals surface area contributed by atoms with E-state index in [1.165, 1.54) is 11.3 Å². The van der Waals surface area contributed by atoms with E-state index in [9.17, 15) is 9.59 Å². The lowest BCUT2D eigenvalue weighted by Crippen LogP contribution is -2.43. The van der Waals surface area contributed by atoms with Gasteiger partial charge in [-0.05, 0) is 49.7 Å². The molecule has 0 fully saturated rings. The molecule has 5 rings (SSSR count). The van der Waals surface area contributed by atoms with E-state index in [4.69, 9.17) is 0 Å². The lowest BCUT2D eigenvalue weighted by atomic mass is 10.0. The molecule has 0 spiro atoms. The molecule has 1 amide bonds. The number of benzene rings is 2. The van der Waals surface area contributed by atoms with Crippen molar-refractivity contribution in [2.45, 2.75) is 20.5 Å². The summed E-state index contributed by atoms with van der Waals surface area (Å²) < 4.78 is 3.09. The smallest absolute Gasteiger partial charge is 0.272 e. The van der Waals surface area contributed by atoms with Crippen molar-refractivity contribution in [1.29, 1.82) is 0 Å². The van der Waals surface area contributed by atoms with Crippen LogP contribution in [0.1, 0.15) is 16.7 Å². The number of aromatic nitrogens is 1. The zero-order chi connectivity index (χ0) is 20.3. The van der Waals surface area contributed by atoms with Crippen LogP contribution in [0.15, 0.2) is 50.7 Å². The van der Waals surface area contributed by atoms with Crippen LogP contribution in [0.3, 0.4) is 0 Å². The lowest BCUT2D eigenvalue weighted by Gasteiger charge is -2.25. The van der Waals surface area contributed by atoms with Crippen molar-refractivity contribution in [1.82, 2.24) is 4.57 Å². The van der Waals surface area contributed by atoms with Crippen LogP contribution in [0, 0.1) is 13.8 Å². The number of fused-ring (bicyclic) bond motifs is 2. The van der Waals surface area contributed by atoms with Gasteiger partial charge in [0.05, 0.1) is 11.3 Å². The van der Waals surface area contributed by atoms with Gasteiger partial charge in [0.2, 0.25) is 0 Å². The van der Waals surface area contributed by atoms with Crippen LogP contribution < -0.4 is 25.1 Å². The van der Waals surface area contributed by atoms with Crippen molar-refractivity contribution in [2.24, 2.45) is 4.99 Å². The molecule has 0 unspecified atom stereocenters. The van der Waals surface area contributed by atoms with Crippen LogP contribution in [0.4, 0.5) is 11.4 Å². The van der Waals surface area contributed by atoms with Crippen molar-refractivity contribution in [3.8, 4) is 0 Å². The molecule has 1 N–H and O–H groups in total. The minimum absolute atomic E-state index is 0.173. The van der Waals surface area contributed by atoms with Crippen molar-refractivity contribution in [3.05, 3.63) is 77.2 Å². The van der Waals surface area contributed by atoms with E-state index in [1.54, 1.807) is 4.57 Å². The van der Waals surface area contributed by atoms with Crippen molar-refractivity contribution >= 4 is 50.1 Å². The molecular weight excluding hydrogens is 452 g/mol. The number of hydrogen-bond acceptors (Lipinski definition) is 5. The van der Waals surface area contributed by atoms with E-state index in [-0.39, 0.29) is 11.5 Å². The second-order valence-electron chi connectivity index (χ2n) is 7.24. The zero-order valence-corrected chi connectivity index (χ0v) is 18.2. The Morgan fingerprint density at radius 3 is 2.66 bits per heavy atom. The fraction of sp³-hybridized carbons (Fsp3) is 0.190. The van der Waals surface area contributed by atoms with Gasteiger partial charge < -0.3 is 10.2 Å². The normalized spacial score (nSPS) is 16.9. The topological polar surface area (TPSA) is 66.7 Å². The number of rotatable bonds is 1. The quantitative estimate of drug-likeness (QED) is 0.596. The Hall–Kier alpha value is -2.71. The number of halogens is 1. The summed E-state index contributed by atoms with van der Waals surface area (Å²) in [5, 5.41) is 2.93. The van der Waals surface area contributed by atoms with E-state index < -0.39 is 0 Å². The molecule has 3 heterocycles. The van der Waals surface area contributed by atoms with E-state index >= 15 is 0 Å². The molecule has 3 aromatic rings. The van der Waals surface area contributed by atoms with Gasteiger partial charge in [0.1, 0.15) is 17.9 Å². The highest BCUT2D eigenvalue weighted by molar-refractivity contribution is 9.10. The molecule has 0 atom stereocenters. The van der Waals surface area contributed by atoms with Gasteiger partial charge in [0.15, 0.2) is 4.80 Å². The Kier molecular flexibility index (Phi) is 4.22. The Balaban J connectivity index is 1.66. The summed E-state index contributed by atoms with van der Waals surface area (Å²) >= 11 is 4.73. The Bertz CT molecular complexity index is 1360. The molecule has 2 aliphatic heterocycles. The van der Waals surface area contributed by atoms with Crippen LogP contribution in [-0.2, 0) is 11.5 Å². The van der Waals surface area contributed by atoms with Crippen molar-refractivity contribution in [3.63, 3.8) is 0 Å². The van der Waals surface area contributed by atoms with E-state index in [1.807, 2.05) is 55.1 Å². The number of aryl methyl sites for hydroxylation is 2. The molecule has 0 aliphatic carbocycles. The first kappa shape index (κ1) is 18.3. The van der Waals surface area contributed by atoms with E-state index in [0.717, 1.165) is 32.5 Å². The summed E-state index contributed by atoms with van der Waals surface area (Å²) in [5.41, 5.74) is 4.92. The predicted molar refractivity (Wildman–Crippen MR) is 118 cm³/mol. The van der Waals surface area contributed by atoms with Gasteiger partial charge in [0.25, 0.3) is 11.5 Å². The molecular formula is C21H17BrN4O2S. The number of hydrogen-bond donors (Lipinski definition) is 1. The summed E-state index contributed by atoms with van der Waals surface area (Å²) in [5.74, 6) is -0.227. The number of anilines is 2. The van der Waals surface area contributed by atoms with Crippen LogP contribution in [-0.4, -0.2) is 17.1 Å². The molecule has 6 nitrogen and oxygen atoms in total. The van der Waals surface area contributed by atoms with Gasteiger partial charge >= 0.3 is 0 Å². The third-order valence-electron chi connectivity index (χ3n) is 5.19. The van der Waals surface area contributed by atoms with Gasteiger partial charge in [0, 0.05) is 15.7 Å². The second kappa shape index (κ2) is 6.67. The van der Waals surface area contributed by atoms with E-state index in [0.29, 0.717) is 28.2 Å². The molecule has 0 radical (unpaired) electrons. The molecule has 2 aliphatic rings. The largest absolute Gasteiger partial charge is 0.334 e. The fourth-order valence-electron chi connectivity index (χ4n) is 3.83. The number of nitrogens with one attached hydrogen (secondary N) is 1. The first-order valence-electron chi connectivity index (χ1n) is 9.14. The Morgan fingerprint density at radius 2 is 1.90 bits per heavy atom. The van der Waals surface area contributed by atoms with Crippen LogP contribution in [0.5, 0.6) is 0 Å². The Labute approximate surface area is 178 Å². The van der Waals surface area contributed by atoms with Gasteiger partial charge in [-0.1, -0.05) is 38.9 Å². The zero-order valence-electron chi connectivity index (χ0n) is 15.8. The average molecular weight is 469 g/mol. The van der Waals surface area contributed by atoms with Crippen LogP contribution in [0.2, 0.25) is 0 Å². The van der Waals surface area contributed by atoms with Gasteiger partial charge in [-0.2, -0.15) is 0 Å². The molecule has 0 saturated heterocycles. The first-order chi connectivity index (χ1) is 13.9. The predicted octanol–water partition coefficient (Wildman–Crippen LogP) is 2.50. The van der Waals surface area contributed by atoms with Crippen molar-refractivity contribution in [2.75, 3.05) is 16.9 Å². The first-order valence-corrected chi connectivity index (χ1v) is 10.8. The second-order valence-corrected chi connectivity index (χ2v) is 9.13. The highest BCUT2D eigenvalue weighted by atomic mass is 79.9. The molecule has 8 heteroatoms. The number of nitrogens with zero attached hydrogens (tertiary/aromatic N) is 3. The standard InChI is InChI=1S/C21H17BrN4O2S/c1-11-7-12(2)17-15(8-11)16(19(27)24-17)18-20(28)26-10-25(9-23-21(26)29-18)14-5-3-13(22)4-6-14/h3-8H,9-10H2,1-2H3,(H,24,27). The number of carbonyl (C=O) groups excluding carboxylic acids is 1. The van der Waals surface area contributed by atoms with Crippen LogP contribution >= 0.6 is 27.3 Å². The number of amides is 1. The highest BCUT2D eigenvalue weighted by Crippen LogP contribution is 2.33. The monoisotopic (exact) mass is 468 g/mol. The SMILES string of the molecule is Cc1cc(C)c2c(c1)C(=c1sc3n(c1=O)CN(c1ccc(Br)cc1)CN=3)C(=O)N2. The maximum atomic E-state index is 13.2. The molecule has 0 bridgehead atoms. The van der Waals surface area contributed by atoms with Crippen molar-refractivity contribution < 1.29 is 4.79 Å². The minimum Gasteiger partial charge on any atom is -0.334 e. The maximum absolute atomic E-state index is 13.2. The van der Waals surface area contributed by atoms with Gasteiger partial charge in [-0.15, -0.1) is 0 Å². The summed E-state index contributed by atoms with van der Waals surface area (Å²) in [6, 6.07) is 11.9. The molecule has 146 valence electrons. The third kappa shape index (κ3) is 2.94. The molecule has 1 aromatic heterocycles. The number of thiazole rings is 1. The average Bonchev–Trinajstić information content (AvgIpc) is 3.18. The van der Waals surface area contributed by atoms with Gasteiger partial charge in [-0.25, -0.2) is 4.99 Å². The fourth-order valence-corrected chi connectivity index (χ4v) is 5.15. The Morgan fingerprint density at radius 1 is 1.14 bits per heavy atom. The third-order valence-corrected chi connectivity index (χ3v) is 6.83. The van der Waals surface area contributed by atoms with Crippen LogP contribution in [0.25, 0.3) is 5.57 Å². The molecule has 29 heavy (non-hydrogen) atoms. The van der Waals surface area contributed by atoms with E-state index in [2.05, 4.69) is 26.2 Å². The lowest BCUT2D eigenvalue weighted by molar-refractivity contribution is -0.110. The number of carbonyl (C=O) groups is 1. The summed E-state index contributed by atoms with van der Waals surface area (Å²) in [6.07, 6.45) is 0. The maximum Gasteiger partial charge on any atom is 0.272 e. The van der Waals surface area contributed by atoms with Gasteiger partial charge in [-0.3, -0.25) is 14.2 Å². The summed E-state index contributed by atoms with van der Waals surface area (Å²) in [7, 11) is 0.